The summed E-state index contributed by atoms with van der Waals surface area (Å²) in [6, 6.07) is 14.0. The van der Waals surface area contributed by atoms with Crippen LogP contribution < -0.4 is 5.73 Å². The van der Waals surface area contributed by atoms with Gasteiger partial charge in [-0.2, -0.15) is 0 Å². The molecule has 0 bridgehead atoms. The molecule has 0 aliphatic carbocycles. The molecule has 8 heteroatoms. The lowest BCUT2D eigenvalue weighted by molar-refractivity contribution is -0.118. The van der Waals surface area contributed by atoms with E-state index >= 15 is 0 Å². The molecule has 0 saturated heterocycles. The molecule has 0 radical (unpaired) electrons. The highest BCUT2D eigenvalue weighted by molar-refractivity contribution is 7.98. The number of thioether (sulfide) groups is 1. The molecule has 1 amide bonds. The molecule has 1 atom stereocenters. The van der Waals surface area contributed by atoms with Crippen LogP contribution in [0.15, 0.2) is 53.7 Å². The van der Waals surface area contributed by atoms with Crippen LogP contribution >= 0.6 is 23.4 Å². The minimum atomic E-state index is -0.377. The SMILES string of the molecule is CCCCC(CC(N)=O)c1nnc(SCc2ccccc2F)n1-c1cccc(Cl)c1. The zero-order valence-electron chi connectivity index (χ0n) is 16.7. The van der Waals surface area contributed by atoms with Crippen LogP contribution in [0.4, 0.5) is 4.39 Å². The molecule has 0 aliphatic heterocycles. The van der Waals surface area contributed by atoms with Gasteiger partial charge in [-0.15, -0.1) is 10.2 Å². The molecule has 0 saturated carbocycles. The summed E-state index contributed by atoms with van der Waals surface area (Å²) in [6.45, 7) is 2.10. The van der Waals surface area contributed by atoms with Gasteiger partial charge >= 0.3 is 0 Å². The molecule has 3 rings (SSSR count). The van der Waals surface area contributed by atoms with Crippen LogP contribution in [-0.4, -0.2) is 20.7 Å². The Morgan fingerprint density at radius 3 is 2.73 bits per heavy atom. The summed E-state index contributed by atoms with van der Waals surface area (Å²) >= 11 is 7.61. The van der Waals surface area contributed by atoms with Gasteiger partial charge in [-0.05, 0) is 36.2 Å². The summed E-state index contributed by atoms with van der Waals surface area (Å²) in [5.41, 5.74) is 6.89. The number of nitrogens with two attached hydrogens (primary N) is 1. The van der Waals surface area contributed by atoms with Gasteiger partial charge in [-0.1, -0.05) is 67.4 Å². The fourth-order valence-corrected chi connectivity index (χ4v) is 4.40. The minimum Gasteiger partial charge on any atom is -0.370 e. The van der Waals surface area contributed by atoms with Gasteiger partial charge in [0, 0.05) is 23.1 Å². The van der Waals surface area contributed by atoms with Crippen LogP contribution in [0.1, 0.15) is 49.9 Å². The van der Waals surface area contributed by atoms with E-state index in [1.54, 1.807) is 24.3 Å². The third-order valence-corrected chi connectivity index (χ3v) is 5.97. The van der Waals surface area contributed by atoms with Crippen molar-refractivity contribution in [2.75, 3.05) is 0 Å². The number of amides is 1. The number of hydrogen-bond donors (Lipinski definition) is 1. The molecule has 2 aromatic carbocycles. The van der Waals surface area contributed by atoms with Crippen LogP contribution in [0.25, 0.3) is 5.69 Å². The first-order valence-corrected chi connectivity index (χ1v) is 11.2. The maximum Gasteiger partial charge on any atom is 0.218 e. The average Bonchev–Trinajstić information content (AvgIpc) is 3.14. The Bertz CT molecular complexity index is 1010. The summed E-state index contributed by atoms with van der Waals surface area (Å²) in [5.74, 6) is 0.282. The van der Waals surface area contributed by atoms with Crippen molar-refractivity contribution < 1.29 is 9.18 Å². The van der Waals surface area contributed by atoms with E-state index in [2.05, 4.69) is 17.1 Å². The number of aromatic nitrogens is 3. The molecule has 0 fully saturated rings. The van der Waals surface area contributed by atoms with Gasteiger partial charge in [0.15, 0.2) is 5.16 Å². The Morgan fingerprint density at radius 2 is 2.03 bits per heavy atom. The Kier molecular flexibility index (Phi) is 7.87. The van der Waals surface area contributed by atoms with E-state index in [0.29, 0.717) is 27.3 Å². The van der Waals surface area contributed by atoms with Crippen LogP contribution in [0, 0.1) is 5.82 Å². The van der Waals surface area contributed by atoms with E-state index < -0.39 is 0 Å². The molecular formula is C22H24ClFN4OS. The molecule has 30 heavy (non-hydrogen) atoms. The highest BCUT2D eigenvalue weighted by Gasteiger charge is 2.24. The Labute approximate surface area is 184 Å². The van der Waals surface area contributed by atoms with E-state index in [1.165, 1.54) is 17.8 Å². The van der Waals surface area contributed by atoms with Crippen molar-refractivity contribution in [3.63, 3.8) is 0 Å². The fraction of sp³-hybridized carbons (Fsp3) is 0.318. The summed E-state index contributed by atoms with van der Waals surface area (Å²) < 4.78 is 16.0. The van der Waals surface area contributed by atoms with Gasteiger partial charge in [-0.3, -0.25) is 9.36 Å². The number of carbonyl (C=O) groups excluding carboxylic acids is 1. The van der Waals surface area contributed by atoms with Crippen LogP contribution in [0.2, 0.25) is 5.02 Å². The lowest BCUT2D eigenvalue weighted by Gasteiger charge is -2.17. The zero-order chi connectivity index (χ0) is 21.5. The molecule has 1 heterocycles. The van der Waals surface area contributed by atoms with Gasteiger partial charge in [0.1, 0.15) is 11.6 Å². The third-order valence-electron chi connectivity index (χ3n) is 4.76. The van der Waals surface area contributed by atoms with E-state index in [-0.39, 0.29) is 24.1 Å². The van der Waals surface area contributed by atoms with E-state index in [0.717, 1.165) is 24.9 Å². The van der Waals surface area contributed by atoms with Crippen LogP contribution in [0.5, 0.6) is 0 Å². The largest absolute Gasteiger partial charge is 0.370 e. The third kappa shape index (κ3) is 5.61. The number of unbranched alkanes of at least 4 members (excludes halogenated alkanes) is 1. The van der Waals surface area contributed by atoms with Crippen molar-refractivity contribution in [3.05, 3.63) is 70.8 Å². The maximum atomic E-state index is 14.1. The number of rotatable bonds is 10. The molecule has 0 aliphatic rings. The number of benzene rings is 2. The number of halogens is 2. The van der Waals surface area contributed by atoms with E-state index in [4.69, 9.17) is 17.3 Å². The fourth-order valence-electron chi connectivity index (χ4n) is 3.27. The number of carbonyl (C=O) groups is 1. The van der Waals surface area contributed by atoms with Gasteiger partial charge in [-0.25, -0.2) is 4.39 Å². The first-order valence-electron chi connectivity index (χ1n) is 9.85. The Balaban J connectivity index is 2.00. The van der Waals surface area contributed by atoms with E-state index in [9.17, 15) is 9.18 Å². The number of primary amides is 1. The molecule has 2 N–H and O–H groups in total. The highest BCUT2D eigenvalue weighted by atomic mass is 35.5. The predicted molar refractivity (Wildman–Crippen MR) is 118 cm³/mol. The van der Waals surface area contributed by atoms with Crippen molar-refractivity contribution in [1.29, 1.82) is 0 Å². The van der Waals surface area contributed by atoms with Gasteiger partial charge in [0.2, 0.25) is 5.91 Å². The summed E-state index contributed by atoms with van der Waals surface area (Å²) in [5, 5.41) is 9.97. The molecule has 3 aromatic rings. The Hall–Kier alpha value is -2.38. The second-order valence-electron chi connectivity index (χ2n) is 7.05. The minimum absolute atomic E-state index is 0.156. The predicted octanol–water partition coefficient (Wildman–Crippen LogP) is 5.50. The molecule has 0 spiro atoms. The molecule has 5 nitrogen and oxygen atoms in total. The van der Waals surface area contributed by atoms with Crippen molar-refractivity contribution in [2.45, 2.75) is 49.4 Å². The van der Waals surface area contributed by atoms with Crippen LogP contribution in [0.3, 0.4) is 0 Å². The maximum absolute atomic E-state index is 14.1. The summed E-state index contributed by atoms with van der Waals surface area (Å²) in [6.07, 6.45) is 2.90. The second kappa shape index (κ2) is 10.6. The lowest BCUT2D eigenvalue weighted by Crippen LogP contribution is -2.18. The van der Waals surface area contributed by atoms with Crippen molar-refractivity contribution in [3.8, 4) is 5.69 Å². The lowest BCUT2D eigenvalue weighted by atomic mass is 9.97. The quantitative estimate of drug-likeness (QED) is 0.417. The van der Waals surface area contributed by atoms with E-state index in [1.807, 2.05) is 22.8 Å². The van der Waals surface area contributed by atoms with Crippen molar-refractivity contribution >= 4 is 29.3 Å². The first-order chi connectivity index (χ1) is 14.5. The first kappa shape index (κ1) is 22.3. The monoisotopic (exact) mass is 446 g/mol. The highest BCUT2D eigenvalue weighted by Crippen LogP contribution is 2.32. The standard InChI is InChI=1S/C22H24ClFN4OS/c1-2-3-7-15(12-20(25)29)21-26-27-22(28(21)18-10-6-9-17(23)13-18)30-14-16-8-4-5-11-19(16)24/h4-6,8-11,13,15H,2-3,7,12,14H2,1H3,(H2,25,29). The van der Waals surface area contributed by atoms with Gasteiger partial charge in [0.25, 0.3) is 0 Å². The topological polar surface area (TPSA) is 73.8 Å². The molecular weight excluding hydrogens is 423 g/mol. The Morgan fingerprint density at radius 1 is 1.23 bits per heavy atom. The summed E-state index contributed by atoms with van der Waals surface area (Å²) in [4.78, 5) is 11.7. The van der Waals surface area contributed by atoms with Crippen molar-refractivity contribution in [1.82, 2.24) is 14.8 Å². The second-order valence-corrected chi connectivity index (χ2v) is 8.42. The van der Waals surface area contributed by atoms with Gasteiger partial charge in [0.05, 0.1) is 5.69 Å². The average molecular weight is 447 g/mol. The normalized spacial score (nSPS) is 12.1. The molecule has 1 unspecified atom stereocenters. The smallest absolute Gasteiger partial charge is 0.218 e. The zero-order valence-corrected chi connectivity index (χ0v) is 18.3. The number of nitrogens with zero attached hydrogens (tertiary/aromatic N) is 3. The van der Waals surface area contributed by atoms with Crippen LogP contribution in [-0.2, 0) is 10.5 Å². The van der Waals surface area contributed by atoms with Gasteiger partial charge < -0.3 is 5.73 Å². The van der Waals surface area contributed by atoms with Crippen molar-refractivity contribution in [2.24, 2.45) is 5.73 Å². The molecule has 158 valence electrons. The molecule has 1 aromatic heterocycles. The number of hydrogen-bond acceptors (Lipinski definition) is 4. The summed E-state index contributed by atoms with van der Waals surface area (Å²) in [7, 11) is 0.